The smallest absolute Gasteiger partial charge is 0.272 e. The lowest BCUT2D eigenvalue weighted by Crippen LogP contribution is -2.18. The number of benzene rings is 2. The molecule has 0 saturated carbocycles. The minimum absolute atomic E-state index is 0.272. The van der Waals surface area contributed by atoms with E-state index in [0.29, 0.717) is 10.0 Å². The van der Waals surface area contributed by atoms with Gasteiger partial charge in [0.25, 0.3) is 5.91 Å². The number of furan rings is 1. The van der Waals surface area contributed by atoms with E-state index in [0.717, 1.165) is 28.7 Å². The highest BCUT2D eigenvalue weighted by molar-refractivity contribution is 6.35. The average molecular weight is 361 g/mol. The summed E-state index contributed by atoms with van der Waals surface area (Å²) in [4.78, 5) is 12.2. The molecule has 0 aliphatic heterocycles. The molecule has 1 N–H and O–H groups in total. The maximum atomic E-state index is 12.2. The second-order valence-electron chi connectivity index (χ2n) is 5.11. The number of carbonyl (C=O) groups is 1. The lowest BCUT2D eigenvalue weighted by molar-refractivity contribution is 0.0955. The van der Waals surface area contributed by atoms with E-state index in [1.54, 1.807) is 18.3 Å². The number of hydrazone groups is 1. The van der Waals surface area contributed by atoms with Crippen molar-refractivity contribution in [1.29, 1.82) is 0 Å². The van der Waals surface area contributed by atoms with Crippen LogP contribution in [0, 0.1) is 0 Å². The van der Waals surface area contributed by atoms with Crippen LogP contribution in [-0.2, 0) is 6.42 Å². The molecule has 4 nitrogen and oxygen atoms in total. The Kier molecular flexibility index (Phi) is 4.88. The van der Waals surface area contributed by atoms with Crippen LogP contribution >= 0.6 is 23.2 Å². The molecule has 6 heteroatoms. The number of nitrogens with one attached hydrogen (secondary N) is 1. The van der Waals surface area contributed by atoms with Crippen LogP contribution in [0.2, 0.25) is 10.0 Å². The summed E-state index contributed by atoms with van der Waals surface area (Å²) in [7, 11) is 0. The Hall–Kier alpha value is -2.30. The van der Waals surface area contributed by atoms with Crippen molar-refractivity contribution >= 4 is 46.3 Å². The number of amides is 1. The topological polar surface area (TPSA) is 54.6 Å². The van der Waals surface area contributed by atoms with Crippen LogP contribution in [-0.4, -0.2) is 12.1 Å². The minimum Gasteiger partial charge on any atom is -0.460 e. The van der Waals surface area contributed by atoms with Crippen LogP contribution in [0.3, 0.4) is 0 Å². The van der Waals surface area contributed by atoms with Gasteiger partial charge >= 0.3 is 0 Å². The predicted molar refractivity (Wildman–Crippen MR) is 97.1 cm³/mol. The number of hydrogen-bond donors (Lipinski definition) is 1. The molecular weight excluding hydrogens is 347 g/mol. The van der Waals surface area contributed by atoms with Crippen molar-refractivity contribution < 1.29 is 9.21 Å². The average Bonchev–Trinajstić information content (AvgIpc) is 2.95. The minimum atomic E-state index is -0.426. The molecule has 0 saturated heterocycles. The van der Waals surface area contributed by atoms with Gasteiger partial charge in [-0.3, -0.25) is 4.79 Å². The van der Waals surface area contributed by atoms with Crippen molar-refractivity contribution in [1.82, 2.24) is 5.43 Å². The first kappa shape index (κ1) is 16.6. The fourth-order valence-corrected chi connectivity index (χ4v) is 2.78. The summed E-state index contributed by atoms with van der Waals surface area (Å²) in [6, 6.07) is 12.4. The quantitative estimate of drug-likeness (QED) is 0.521. The fourth-order valence-electron chi connectivity index (χ4n) is 2.41. The van der Waals surface area contributed by atoms with Crippen LogP contribution in [0.15, 0.2) is 52.0 Å². The van der Waals surface area contributed by atoms with Gasteiger partial charge in [-0.2, -0.15) is 5.10 Å². The summed E-state index contributed by atoms with van der Waals surface area (Å²) in [6.45, 7) is 2.00. The van der Waals surface area contributed by atoms with Crippen molar-refractivity contribution in [3.63, 3.8) is 0 Å². The molecule has 0 fully saturated rings. The van der Waals surface area contributed by atoms with Gasteiger partial charge in [-0.05, 0) is 24.3 Å². The first-order chi connectivity index (χ1) is 11.6. The highest BCUT2D eigenvalue weighted by Crippen LogP contribution is 2.25. The summed E-state index contributed by atoms with van der Waals surface area (Å²) in [6.07, 6.45) is 2.31. The third-order valence-corrected chi connectivity index (χ3v) is 4.13. The maximum absolute atomic E-state index is 12.2. The second kappa shape index (κ2) is 7.07. The molecule has 0 spiro atoms. The van der Waals surface area contributed by atoms with Crippen LogP contribution in [0.1, 0.15) is 28.6 Å². The van der Waals surface area contributed by atoms with E-state index in [9.17, 15) is 4.79 Å². The van der Waals surface area contributed by atoms with Crippen molar-refractivity contribution in [3.8, 4) is 0 Å². The van der Waals surface area contributed by atoms with E-state index in [1.807, 2.05) is 31.2 Å². The molecule has 0 aliphatic carbocycles. The third kappa shape index (κ3) is 3.30. The van der Waals surface area contributed by atoms with Crippen LogP contribution in [0.25, 0.3) is 11.0 Å². The Balaban J connectivity index is 1.84. The molecule has 0 radical (unpaired) electrons. The van der Waals surface area contributed by atoms with Gasteiger partial charge in [-0.25, -0.2) is 5.43 Å². The molecule has 0 aliphatic rings. The molecule has 24 heavy (non-hydrogen) atoms. The summed E-state index contributed by atoms with van der Waals surface area (Å²) in [5.74, 6) is 0.389. The summed E-state index contributed by atoms with van der Waals surface area (Å²) in [5.41, 5.74) is 4.38. The van der Waals surface area contributed by atoms with E-state index in [1.165, 1.54) is 6.07 Å². The zero-order chi connectivity index (χ0) is 17.1. The van der Waals surface area contributed by atoms with Gasteiger partial charge in [0.15, 0.2) is 0 Å². The summed E-state index contributed by atoms with van der Waals surface area (Å²) < 4.78 is 5.78. The summed E-state index contributed by atoms with van der Waals surface area (Å²) >= 11 is 11.9. The number of rotatable bonds is 4. The zero-order valence-corrected chi connectivity index (χ0v) is 14.4. The van der Waals surface area contributed by atoms with Gasteiger partial charge < -0.3 is 4.42 Å². The van der Waals surface area contributed by atoms with Crippen molar-refractivity contribution in [3.05, 3.63) is 69.4 Å². The van der Waals surface area contributed by atoms with Gasteiger partial charge in [-0.1, -0.05) is 48.3 Å². The SMILES string of the molecule is CCc1oc2ccccc2c1/C=N\NC(=O)c1cc(Cl)ccc1Cl. The lowest BCUT2D eigenvalue weighted by Gasteiger charge is -2.03. The Bertz CT molecular complexity index is 932. The summed E-state index contributed by atoms with van der Waals surface area (Å²) in [5, 5.41) is 5.73. The Morgan fingerprint density at radius 2 is 2.04 bits per heavy atom. The number of hydrogen-bond acceptors (Lipinski definition) is 3. The molecule has 122 valence electrons. The van der Waals surface area contributed by atoms with E-state index in [4.69, 9.17) is 27.6 Å². The first-order valence-corrected chi connectivity index (χ1v) is 8.14. The highest BCUT2D eigenvalue weighted by atomic mass is 35.5. The number of para-hydroxylation sites is 1. The first-order valence-electron chi connectivity index (χ1n) is 7.39. The molecule has 3 aromatic rings. The predicted octanol–water partition coefficient (Wildman–Crippen LogP) is 5.07. The fraction of sp³-hybridized carbons (Fsp3) is 0.111. The maximum Gasteiger partial charge on any atom is 0.272 e. The largest absolute Gasteiger partial charge is 0.460 e. The van der Waals surface area contributed by atoms with Crippen LogP contribution < -0.4 is 5.43 Å². The number of halogens is 2. The number of carbonyl (C=O) groups excluding carboxylic acids is 1. The zero-order valence-electron chi connectivity index (χ0n) is 12.8. The van der Waals surface area contributed by atoms with E-state index >= 15 is 0 Å². The van der Waals surface area contributed by atoms with Crippen molar-refractivity contribution in [2.24, 2.45) is 5.10 Å². The Labute approximate surface area is 149 Å². The molecule has 0 bridgehead atoms. The van der Waals surface area contributed by atoms with E-state index < -0.39 is 5.91 Å². The molecule has 0 unspecified atom stereocenters. The van der Waals surface area contributed by atoms with Gasteiger partial charge in [0.1, 0.15) is 11.3 Å². The van der Waals surface area contributed by atoms with Crippen molar-refractivity contribution in [2.75, 3.05) is 0 Å². The van der Waals surface area contributed by atoms with Crippen LogP contribution in [0.4, 0.5) is 0 Å². The van der Waals surface area contributed by atoms with E-state index in [2.05, 4.69) is 10.5 Å². The Morgan fingerprint density at radius 3 is 2.83 bits per heavy atom. The van der Waals surface area contributed by atoms with E-state index in [-0.39, 0.29) is 5.56 Å². The van der Waals surface area contributed by atoms with Crippen LogP contribution in [0.5, 0.6) is 0 Å². The molecule has 2 aromatic carbocycles. The molecule has 3 rings (SSSR count). The molecule has 1 heterocycles. The number of nitrogens with zero attached hydrogens (tertiary/aromatic N) is 1. The van der Waals surface area contributed by atoms with Crippen molar-refractivity contribution in [2.45, 2.75) is 13.3 Å². The Morgan fingerprint density at radius 1 is 1.25 bits per heavy atom. The third-order valence-electron chi connectivity index (χ3n) is 3.56. The molecular formula is C18H14Cl2N2O2. The molecule has 1 aromatic heterocycles. The monoisotopic (exact) mass is 360 g/mol. The van der Waals surface area contributed by atoms with Gasteiger partial charge in [0.05, 0.1) is 16.8 Å². The lowest BCUT2D eigenvalue weighted by atomic mass is 10.1. The molecule has 0 atom stereocenters. The van der Waals surface area contributed by atoms with Gasteiger partial charge in [-0.15, -0.1) is 0 Å². The molecule has 1 amide bonds. The van der Waals surface area contributed by atoms with Gasteiger partial charge in [0, 0.05) is 22.4 Å². The number of aryl methyl sites for hydroxylation is 1. The van der Waals surface area contributed by atoms with Gasteiger partial charge in [0.2, 0.25) is 0 Å². The second-order valence-corrected chi connectivity index (χ2v) is 5.96. The number of fused-ring (bicyclic) bond motifs is 1. The normalized spacial score (nSPS) is 11.3. The highest BCUT2D eigenvalue weighted by Gasteiger charge is 2.12. The standard InChI is InChI=1S/C18H14Cl2N2O2/c1-2-16-14(12-5-3-4-6-17(12)24-16)10-21-22-18(23)13-9-11(19)7-8-15(13)20/h3-10H,2H2,1H3,(H,22,23)/b21-10-.